The Balaban J connectivity index is 1.70. The first kappa shape index (κ1) is 18.3. The standard InChI is InChI=1S/C19H23ClN2O2/c1-15(16-8-10-17(20)11-9-16)21-19(23)14-22(2)12-13-24-18-6-4-3-5-7-18/h3-11,15H,12-14H2,1-2H3,(H,21,23)/p+1/t15-/m0/s1. The molecule has 5 heteroatoms. The maximum atomic E-state index is 12.1. The Morgan fingerprint density at radius 3 is 2.50 bits per heavy atom. The lowest BCUT2D eigenvalue weighted by molar-refractivity contribution is -0.871. The molecule has 1 unspecified atom stereocenters. The molecule has 0 aliphatic heterocycles. The molecular weight excluding hydrogens is 324 g/mol. The number of rotatable bonds is 8. The second-order valence-corrected chi connectivity index (χ2v) is 6.32. The van der Waals surface area contributed by atoms with Crippen molar-refractivity contribution in [1.29, 1.82) is 0 Å². The molecule has 0 fully saturated rings. The minimum atomic E-state index is -0.0388. The summed E-state index contributed by atoms with van der Waals surface area (Å²) < 4.78 is 5.65. The molecule has 0 saturated heterocycles. The molecule has 24 heavy (non-hydrogen) atoms. The van der Waals surface area contributed by atoms with Gasteiger partial charge in [0.05, 0.1) is 13.1 Å². The van der Waals surface area contributed by atoms with Gasteiger partial charge in [-0.2, -0.15) is 0 Å². The molecule has 0 bridgehead atoms. The number of ether oxygens (including phenoxy) is 1. The number of halogens is 1. The van der Waals surface area contributed by atoms with Crippen molar-refractivity contribution in [2.75, 3.05) is 26.7 Å². The fourth-order valence-corrected chi connectivity index (χ4v) is 2.48. The molecule has 0 aromatic heterocycles. The number of para-hydroxylation sites is 1. The smallest absolute Gasteiger partial charge is 0.275 e. The zero-order chi connectivity index (χ0) is 17.4. The molecule has 0 aliphatic carbocycles. The van der Waals surface area contributed by atoms with Crippen LogP contribution >= 0.6 is 11.6 Å². The summed E-state index contributed by atoms with van der Waals surface area (Å²) in [5.74, 6) is 0.876. The van der Waals surface area contributed by atoms with Crippen LogP contribution in [-0.4, -0.2) is 32.7 Å². The van der Waals surface area contributed by atoms with Crippen LogP contribution < -0.4 is 15.0 Å². The Labute approximate surface area is 148 Å². The van der Waals surface area contributed by atoms with Gasteiger partial charge in [-0.15, -0.1) is 0 Å². The average molecular weight is 348 g/mol. The zero-order valence-electron chi connectivity index (χ0n) is 14.1. The molecule has 2 aromatic carbocycles. The van der Waals surface area contributed by atoms with E-state index in [0.717, 1.165) is 22.8 Å². The maximum absolute atomic E-state index is 12.1. The molecule has 2 aromatic rings. The lowest BCUT2D eigenvalue weighted by Crippen LogP contribution is -3.10. The van der Waals surface area contributed by atoms with E-state index >= 15 is 0 Å². The SMILES string of the molecule is C[C@H](NC(=O)C[NH+](C)CCOc1ccccc1)c1ccc(Cl)cc1. The minimum Gasteiger partial charge on any atom is -0.488 e. The first-order valence-corrected chi connectivity index (χ1v) is 8.46. The Hall–Kier alpha value is -2.04. The van der Waals surface area contributed by atoms with Gasteiger partial charge in [0.2, 0.25) is 0 Å². The van der Waals surface area contributed by atoms with Gasteiger partial charge in [-0.05, 0) is 36.8 Å². The van der Waals surface area contributed by atoms with Crippen LogP contribution in [0.2, 0.25) is 5.02 Å². The predicted molar refractivity (Wildman–Crippen MR) is 96.6 cm³/mol. The van der Waals surface area contributed by atoms with Crippen LogP contribution in [0.25, 0.3) is 0 Å². The zero-order valence-corrected chi connectivity index (χ0v) is 14.8. The van der Waals surface area contributed by atoms with Gasteiger partial charge >= 0.3 is 0 Å². The van der Waals surface area contributed by atoms with E-state index in [1.165, 1.54) is 0 Å². The summed E-state index contributed by atoms with van der Waals surface area (Å²) in [6.45, 7) is 3.72. The monoisotopic (exact) mass is 347 g/mol. The third-order valence-electron chi connectivity index (χ3n) is 3.75. The van der Waals surface area contributed by atoms with Crippen molar-refractivity contribution in [1.82, 2.24) is 5.32 Å². The van der Waals surface area contributed by atoms with Gasteiger partial charge in [-0.25, -0.2) is 0 Å². The third-order valence-corrected chi connectivity index (χ3v) is 4.00. The summed E-state index contributed by atoms with van der Waals surface area (Å²) in [5, 5.41) is 3.71. The fourth-order valence-electron chi connectivity index (χ4n) is 2.35. The van der Waals surface area contributed by atoms with E-state index in [2.05, 4.69) is 5.32 Å². The average Bonchev–Trinajstić information content (AvgIpc) is 2.56. The van der Waals surface area contributed by atoms with Crippen LogP contribution in [0.15, 0.2) is 54.6 Å². The van der Waals surface area contributed by atoms with Gasteiger partial charge in [0, 0.05) is 5.02 Å². The number of nitrogens with one attached hydrogen (secondary N) is 2. The molecule has 1 amide bonds. The lowest BCUT2D eigenvalue weighted by atomic mass is 10.1. The first-order chi connectivity index (χ1) is 11.5. The molecule has 2 rings (SSSR count). The summed E-state index contributed by atoms with van der Waals surface area (Å²) in [6.07, 6.45) is 0. The molecule has 2 atom stereocenters. The largest absolute Gasteiger partial charge is 0.488 e. The minimum absolute atomic E-state index is 0.0228. The van der Waals surface area contributed by atoms with E-state index < -0.39 is 0 Å². The predicted octanol–water partition coefficient (Wildman–Crippen LogP) is 2.11. The summed E-state index contributed by atoms with van der Waals surface area (Å²) >= 11 is 5.88. The Morgan fingerprint density at radius 2 is 1.83 bits per heavy atom. The van der Waals surface area contributed by atoms with Gasteiger partial charge in [0.25, 0.3) is 5.91 Å². The quantitative estimate of drug-likeness (QED) is 0.768. The van der Waals surface area contributed by atoms with Gasteiger partial charge < -0.3 is 15.0 Å². The topological polar surface area (TPSA) is 42.8 Å². The van der Waals surface area contributed by atoms with Crippen LogP contribution in [0, 0.1) is 0 Å². The summed E-state index contributed by atoms with van der Waals surface area (Å²) in [4.78, 5) is 13.2. The number of amides is 1. The number of hydrogen-bond donors (Lipinski definition) is 2. The molecular formula is C19H24ClN2O2+. The highest BCUT2D eigenvalue weighted by Gasteiger charge is 2.13. The molecule has 0 radical (unpaired) electrons. The van der Waals surface area contributed by atoms with E-state index in [0.29, 0.717) is 18.2 Å². The van der Waals surface area contributed by atoms with Crippen LogP contribution in [0.3, 0.4) is 0 Å². The number of hydrogen-bond acceptors (Lipinski definition) is 2. The number of carbonyl (C=O) groups excluding carboxylic acids is 1. The van der Waals surface area contributed by atoms with E-state index in [4.69, 9.17) is 16.3 Å². The molecule has 0 spiro atoms. The Kier molecular flexibility index (Phi) is 7.09. The van der Waals surface area contributed by atoms with Gasteiger partial charge in [0.1, 0.15) is 18.9 Å². The fraction of sp³-hybridized carbons (Fsp3) is 0.316. The number of likely N-dealkylation sites (N-methyl/N-ethyl adjacent to an activating group) is 1. The van der Waals surface area contributed by atoms with Crippen molar-refractivity contribution in [2.45, 2.75) is 13.0 Å². The first-order valence-electron chi connectivity index (χ1n) is 8.08. The second-order valence-electron chi connectivity index (χ2n) is 5.89. The number of quaternary nitrogens is 1. The van der Waals surface area contributed by atoms with Crippen molar-refractivity contribution < 1.29 is 14.4 Å². The van der Waals surface area contributed by atoms with Crippen molar-refractivity contribution >= 4 is 17.5 Å². The third kappa shape index (κ3) is 6.22. The van der Waals surface area contributed by atoms with Crippen LogP contribution in [0.5, 0.6) is 5.75 Å². The van der Waals surface area contributed by atoms with Crippen LogP contribution in [-0.2, 0) is 4.79 Å². The van der Waals surface area contributed by atoms with Gasteiger partial charge in [0.15, 0.2) is 6.54 Å². The summed E-state index contributed by atoms with van der Waals surface area (Å²) in [5.41, 5.74) is 1.04. The van der Waals surface area contributed by atoms with E-state index in [1.807, 2.05) is 68.6 Å². The van der Waals surface area contributed by atoms with Gasteiger partial charge in [-0.1, -0.05) is 41.9 Å². The van der Waals surface area contributed by atoms with Crippen molar-refractivity contribution in [3.8, 4) is 5.75 Å². The number of benzene rings is 2. The van der Waals surface area contributed by atoms with Crippen molar-refractivity contribution in [3.05, 3.63) is 65.2 Å². The lowest BCUT2D eigenvalue weighted by Gasteiger charge is -2.17. The Morgan fingerprint density at radius 1 is 1.17 bits per heavy atom. The second kappa shape index (κ2) is 9.30. The number of carbonyl (C=O) groups is 1. The van der Waals surface area contributed by atoms with Crippen molar-refractivity contribution in [3.63, 3.8) is 0 Å². The highest BCUT2D eigenvalue weighted by Crippen LogP contribution is 2.15. The van der Waals surface area contributed by atoms with Gasteiger partial charge in [-0.3, -0.25) is 4.79 Å². The highest BCUT2D eigenvalue weighted by atomic mass is 35.5. The summed E-state index contributed by atoms with van der Waals surface area (Å²) in [7, 11) is 1.99. The van der Waals surface area contributed by atoms with E-state index in [-0.39, 0.29) is 11.9 Å². The van der Waals surface area contributed by atoms with Crippen LogP contribution in [0.4, 0.5) is 0 Å². The van der Waals surface area contributed by atoms with Crippen molar-refractivity contribution in [2.24, 2.45) is 0 Å². The van der Waals surface area contributed by atoms with Crippen LogP contribution in [0.1, 0.15) is 18.5 Å². The molecule has 0 saturated carbocycles. The van der Waals surface area contributed by atoms with E-state index in [9.17, 15) is 4.79 Å². The molecule has 4 nitrogen and oxygen atoms in total. The molecule has 2 N–H and O–H groups in total. The van der Waals surface area contributed by atoms with E-state index in [1.54, 1.807) is 0 Å². The molecule has 128 valence electrons. The molecule has 0 aliphatic rings. The highest BCUT2D eigenvalue weighted by molar-refractivity contribution is 6.30. The summed E-state index contributed by atoms with van der Waals surface area (Å²) in [6, 6.07) is 17.2. The Bertz CT molecular complexity index is 632. The normalized spacial score (nSPS) is 13.1. The molecule has 0 heterocycles. The maximum Gasteiger partial charge on any atom is 0.275 e.